The van der Waals surface area contributed by atoms with Gasteiger partial charge in [-0.15, -0.1) is 0 Å². The van der Waals surface area contributed by atoms with E-state index in [1.54, 1.807) is 6.33 Å². The fourth-order valence-electron chi connectivity index (χ4n) is 3.32. The fraction of sp³-hybridized carbons (Fsp3) is 0.421. The molecule has 2 heterocycles. The Hall–Kier alpha value is -2.63. The Morgan fingerprint density at radius 3 is 2.88 bits per heavy atom. The number of rotatable bonds is 5. The van der Waals surface area contributed by atoms with Crippen molar-refractivity contribution in [3.05, 3.63) is 36.7 Å². The molecule has 1 aliphatic heterocycles. The maximum Gasteiger partial charge on any atom is 0.221 e. The molecule has 132 valence electrons. The van der Waals surface area contributed by atoms with Crippen molar-refractivity contribution >= 4 is 28.9 Å². The lowest BCUT2D eigenvalue weighted by atomic mass is 10.0. The van der Waals surface area contributed by atoms with Crippen molar-refractivity contribution in [1.82, 2.24) is 9.97 Å². The minimum absolute atomic E-state index is 0.0859. The summed E-state index contributed by atoms with van der Waals surface area (Å²) in [6.07, 6.45) is 6.47. The first-order valence-corrected chi connectivity index (χ1v) is 8.89. The molecule has 0 bridgehead atoms. The van der Waals surface area contributed by atoms with E-state index in [9.17, 15) is 4.79 Å². The molecule has 1 aromatic carbocycles. The van der Waals surface area contributed by atoms with Gasteiger partial charge in [-0.1, -0.05) is 13.0 Å². The Morgan fingerprint density at radius 1 is 1.24 bits per heavy atom. The molecule has 1 atom stereocenters. The zero-order chi connectivity index (χ0) is 17.6. The molecule has 1 aliphatic rings. The maximum atomic E-state index is 11.2. The van der Waals surface area contributed by atoms with Gasteiger partial charge in [0.05, 0.1) is 0 Å². The molecule has 25 heavy (non-hydrogen) atoms. The van der Waals surface area contributed by atoms with E-state index in [-0.39, 0.29) is 5.91 Å². The topological polar surface area (TPSA) is 70.2 Å². The van der Waals surface area contributed by atoms with Crippen LogP contribution in [0, 0.1) is 0 Å². The molecule has 1 amide bonds. The van der Waals surface area contributed by atoms with Gasteiger partial charge in [0.2, 0.25) is 5.91 Å². The van der Waals surface area contributed by atoms with E-state index < -0.39 is 0 Å². The molecular formula is C19H25N5O. The number of nitrogens with zero attached hydrogens (tertiary/aromatic N) is 3. The van der Waals surface area contributed by atoms with Gasteiger partial charge in [-0.3, -0.25) is 4.79 Å². The number of hydrogen-bond donors (Lipinski definition) is 2. The fourth-order valence-corrected chi connectivity index (χ4v) is 3.32. The number of amides is 1. The quantitative estimate of drug-likeness (QED) is 0.863. The molecule has 2 N–H and O–H groups in total. The summed E-state index contributed by atoms with van der Waals surface area (Å²) in [4.78, 5) is 22.4. The van der Waals surface area contributed by atoms with Crippen molar-refractivity contribution in [2.24, 2.45) is 0 Å². The number of carbonyl (C=O) groups is 1. The summed E-state index contributed by atoms with van der Waals surface area (Å²) < 4.78 is 0. The highest BCUT2D eigenvalue weighted by Crippen LogP contribution is 2.27. The highest BCUT2D eigenvalue weighted by molar-refractivity contribution is 5.89. The normalized spacial score (nSPS) is 17.2. The number of aromatic nitrogens is 2. The zero-order valence-corrected chi connectivity index (χ0v) is 14.8. The second kappa shape index (κ2) is 7.96. The summed E-state index contributed by atoms with van der Waals surface area (Å²) in [7, 11) is 0. The molecule has 1 aromatic heterocycles. The predicted molar refractivity (Wildman–Crippen MR) is 101 cm³/mol. The molecule has 0 saturated carbocycles. The minimum atomic E-state index is -0.0859. The number of anilines is 4. The first-order chi connectivity index (χ1) is 12.2. The molecule has 1 saturated heterocycles. The molecule has 3 rings (SSSR count). The van der Waals surface area contributed by atoms with Crippen LogP contribution in [0.1, 0.15) is 39.5 Å². The Bertz CT molecular complexity index is 733. The number of nitrogens with one attached hydrogen (secondary N) is 2. The molecule has 1 fully saturated rings. The predicted octanol–water partition coefficient (Wildman–Crippen LogP) is 3.95. The second-order valence-corrected chi connectivity index (χ2v) is 6.40. The lowest BCUT2D eigenvalue weighted by Gasteiger charge is -2.36. The van der Waals surface area contributed by atoms with Crippen LogP contribution in [0.25, 0.3) is 0 Å². The summed E-state index contributed by atoms with van der Waals surface area (Å²) >= 11 is 0. The van der Waals surface area contributed by atoms with Gasteiger partial charge >= 0.3 is 0 Å². The van der Waals surface area contributed by atoms with Crippen LogP contribution in [0.15, 0.2) is 36.7 Å². The first-order valence-electron chi connectivity index (χ1n) is 8.89. The van der Waals surface area contributed by atoms with Crippen LogP contribution in [0.5, 0.6) is 0 Å². The Labute approximate surface area is 148 Å². The van der Waals surface area contributed by atoms with Gasteiger partial charge in [0, 0.05) is 37.0 Å². The van der Waals surface area contributed by atoms with Crippen LogP contribution in [-0.4, -0.2) is 28.5 Å². The van der Waals surface area contributed by atoms with Crippen molar-refractivity contribution in [2.75, 3.05) is 22.1 Å². The largest absolute Gasteiger partial charge is 0.353 e. The third-order valence-corrected chi connectivity index (χ3v) is 4.50. The van der Waals surface area contributed by atoms with Gasteiger partial charge in [0.1, 0.15) is 18.0 Å². The molecular weight excluding hydrogens is 314 g/mol. The van der Waals surface area contributed by atoms with E-state index in [0.29, 0.717) is 6.04 Å². The van der Waals surface area contributed by atoms with E-state index >= 15 is 0 Å². The standard InChI is InChI=1S/C19H25N5O/c1-3-17-9-4-5-10-24(17)19-12-18(20-13-21-19)23-16-8-6-7-15(11-16)22-14(2)25/h6-8,11-13,17H,3-5,9-10H2,1-2H3,(H,22,25)(H,20,21,23). The number of hydrogen-bond acceptors (Lipinski definition) is 5. The first kappa shape index (κ1) is 17.2. The summed E-state index contributed by atoms with van der Waals surface area (Å²) in [5.74, 6) is 1.64. The van der Waals surface area contributed by atoms with Gasteiger partial charge in [0.25, 0.3) is 0 Å². The van der Waals surface area contributed by atoms with E-state index in [1.807, 2.05) is 30.3 Å². The number of carbonyl (C=O) groups excluding carboxylic acids is 1. The van der Waals surface area contributed by atoms with Crippen molar-refractivity contribution in [1.29, 1.82) is 0 Å². The van der Waals surface area contributed by atoms with Gasteiger partial charge in [-0.2, -0.15) is 0 Å². The summed E-state index contributed by atoms with van der Waals surface area (Å²) in [6, 6.07) is 10.1. The maximum absolute atomic E-state index is 11.2. The van der Waals surface area contributed by atoms with Gasteiger partial charge in [-0.25, -0.2) is 9.97 Å². The van der Waals surface area contributed by atoms with Crippen molar-refractivity contribution in [3.63, 3.8) is 0 Å². The van der Waals surface area contributed by atoms with E-state index in [4.69, 9.17) is 0 Å². The van der Waals surface area contributed by atoms with Crippen LogP contribution >= 0.6 is 0 Å². The summed E-state index contributed by atoms with van der Waals surface area (Å²) in [6.45, 7) is 4.78. The molecule has 0 spiro atoms. The average molecular weight is 339 g/mol. The summed E-state index contributed by atoms with van der Waals surface area (Å²) in [5, 5.41) is 6.09. The van der Waals surface area contributed by atoms with Gasteiger partial charge in [-0.05, 0) is 43.9 Å². The number of piperidine rings is 1. The Balaban J connectivity index is 1.76. The van der Waals surface area contributed by atoms with Gasteiger partial charge in [0.15, 0.2) is 0 Å². The summed E-state index contributed by atoms with van der Waals surface area (Å²) in [5.41, 5.74) is 1.63. The van der Waals surface area contributed by atoms with Crippen LogP contribution in [-0.2, 0) is 4.79 Å². The smallest absolute Gasteiger partial charge is 0.221 e. The highest BCUT2D eigenvalue weighted by atomic mass is 16.1. The van der Waals surface area contributed by atoms with E-state index in [2.05, 4.69) is 32.4 Å². The lowest BCUT2D eigenvalue weighted by Crippen LogP contribution is -2.39. The molecule has 1 unspecified atom stereocenters. The van der Waals surface area contributed by atoms with Crippen molar-refractivity contribution < 1.29 is 4.79 Å². The van der Waals surface area contributed by atoms with Gasteiger partial charge < -0.3 is 15.5 Å². The van der Waals surface area contributed by atoms with Crippen LogP contribution in [0.3, 0.4) is 0 Å². The lowest BCUT2D eigenvalue weighted by molar-refractivity contribution is -0.114. The molecule has 6 nitrogen and oxygen atoms in total. The van der Waals surface area contributed by atoms with Crippen LogP contribution in [0.2, 0.25) is 0 Å². The zero-order valence-electron chi connectivity index (χ0n) is 14.8. The monoisotopic (exact) mass is 339 g/mol. The van der Waals surface area contributed by atoms with Crippen molar-refractivity contribution in [2.45, 2.75) is 45.6 Å². The Kier molecular flexibility index (Phi) is 5.48. The SMILES string of the molecule is CCC1CCCCN1c1cc(Nc2cccc(NC(C)=O)c2)ncn1. The second-order valence-electron chi connectivity index (χ2n) is 6.40. The highest BCUT2D eigenvalue weighted by Gasteiger charge is 2.22. The van der Waals surface area contributed by atoms with E-state index in [0.717, 1.165) is 36.0 Å². The Morgan fingerprint density at radius 2 is 2.08 bits per heavy atom. The third kappa shape index (κ3) is 4.47. The molecule has 2 aromatic rings. The molecule has 0 aliphatic carbocycles. The number of benzene rings is 1. The van der Waals surface area contributed by atoms with Crippen molar-refractivity contribution in [3.8, 4) is 0 Å². The molecule has 0 radical (unpaired) electrons. The minimum Gasteiger partial charge on any atom is -0.353 e. The van der Waals surface area contributed by atoms with E-state index in [1.165, 1.54) is 26.2 Å². The average Bonchev–Trinajstić information content (AvgIpc) is 2.61. The van der Waals surface area contributed by atoms with Crippen LogP contribution < -0.4 is 15.5 Å². The van der Waals surface area contributed by atoms with Crippen LogP contribution in [0.4, 0.5) is 23.0 Å². The third-order valence-electron chi connectivity index (χ3n) is 4.50. The molecule has 6 heteroatoms.